The minimum atomic E-state index is -0.532. The van der Waals surface area contributed by atoms with Crippen LogP contribution >= 0.6 is 0 Å². The molecule has 0 aromatic heterocycles. The van der Waals surface area contributed by atoms with Gasteiger partial charge in [0.05, 0.1) is 12.0 Å². The van der Waals surface area contributed by atoms with Crippen LogP contribution in [0.15, 0.2) is 55.6 Å². The van der Waals surface area contributed by atoms with Gasteiger partial charge < -0.3 is 9.47 Å². The zero-order valence-corrected chi connectivity index (χ0v) is 12.3. The molecule has 1 aliphatic rings. The van der Waals surface area contributed by atoms with E-state index in [0.717, 1.165) is 5.56 Å². The molecule has 2 rings (SSSR count). The molecule has 5 nitrogen and oxygen atoms in total. The van der Waals surface area contributed by atoms with Gasteiger partial charge in [0.2, 0.25) is 0 Å². The standard InChI is InChI=1S/C17H19NO4/c1-3-8-14-15(4-2)18(12-22-16(14)19)17(20)21-11-13-9-6-5-7-10-13/h3-7,9-10,14-15H,1-2,8,11-12H2/t14-,15-/m0/s1. The third-order valence-electron chi connectivity index (χ3n) is 3.52. The average Bonchev–Trinajstić information content (AvgIpc) is 2.55. The molecule has 1 heterocycles. The van der Waals surface area contributed by atoms with Gasteiger partial charge in [-0.15, -0.1) is 13.2 Å². The van der Waals surface area contributed by atoms with Crippen LogP contribution in [0, 0.1) is 5.92 Å². The zero-order valence-electron chi connectivity index (χ0n) is 12.3. The highest BCUT2D eigenvalue weighted by Gasteiger charge is 2.39. The first-order chi connectivity index (χ1) is 10.7. The summed E-state index contributed by atoms with van der Waals surface area (Å²) >= 11 is 0. The number of esters is 1. The minimum Gasteiger partial charge on any atom is -0.444 e. The number of nitrogens with zero attached hydrogens (tertiary/aromatic N) is 1. The lowest BCUT2D eigenvalue weighted by Gasteiger charge is -2.37. The van der Waals surface area contributed by atoms with Crippen LogP contribution in [0.5, 0.6) is 0 Å². The van der Waals surface area contributed by atoms with Crippen molar-refractivity contribution in [3.8, 4) is 0 Å². The molecule has 5 heteroatoms. The molecular formula is C17H19NO4. The predicted molar refractivity (Wildman–Crippen MR) is 81.7 cm³/mol. The highest BCUT2D eigenvalue weighted by atomic mass is 16.6. The number of amides is 1. The Morgan fingerprint density at radius 3 is 2.73 bits per heavy atom. The van der Waals surface area contributed by atoms with E-state index in [1.165, 1.54) is 4.90 Å². The van der Waals surface area contributed by atoms with Crippen LogP contribution in [0.1, 0.15) is 12.0 Å². The number of rotatable bonds is 5. The Balaban J connectivity index is 2.02. The van der Waals surface area contributed by atoms with Crippen LogP contribution in [-0.2, 0) is 20.9 Å². The SMILES string of the molecule is C=CC[C@@H]1C(=O)OCN(C(=O)OCc2ccccc2)[C@H]1C=C. The number of ether oxygens (including phenoxy) is 2. The summed E-state index contributed by atoms with van der Waals surface area (Å²) < 4.78 is 10.3. The predicted octanol–water partition coefficient (Wildman–Crippen LogP) is 2.89. The third-order valence-corrected chi connectivity index (χ3v) is 3.52. The molecule has 0 aliphatic carbocycles. The fraction of sp³-hybridized carbons (Fsp3) is 0.294. The van der Waals surface area contributed by atoms with E-state index in [2.05, 4.69) is 13.2 Å². The number of hydrogen-bond acceptors (Lipinski definition) is 4. The quantitative estimate of drug-likeness (QED) is 0.620. The van der Waals surface area contributed by atoms with Crippen molar-refractivity contribution in [1.82, 2.24) is 4.90 Å². The fourth-order valence-corrected chi connectivity index (χ4v) is 2.37. The topological polar surface area (TPSA) is 55.8 Å². The molecule has 1 aromatic rings. The van der Waals surface area contributed by atoms with Crippen molar-refractivity contribution in [1.29, 1.82) is 0 Å². The monoisotopic (exact) mass is 301 g/mol. The minimum absolute atomic E-state index is 0.128. The summed E-state index contributed by atoms with van der Waals surface area (Å²) in [5, 5.41) is 0. The lowest BCUT2D eigenvalue weighted by atomic mass is 9.94. The van der Waals surface area contributed by atoms with E-state index >= 15 is 0 Å². The molecule has 1 aliphatic heterocycles. The van der Waals surface area contributed by atoms with Gasteiger partial charge in [-0.3, -0.25) is 9.69 Å². The van der Waals surface area contributed by atoms with Crippen LogP contribution in [0.2, 0.25) is 0 Å². The number of cyclic esters (lactones) is 1. The maximum absolute atomic E-state index is 12.2. The molecule has 0 saturated carbocycles. The summed E-state index contributed by atoms with van der Waals surface area (Å²) in [6.45, 7) is 7.38. The zero-order chi connectivity index (χ0) is 15.9. The van der Waals surface area contributed by atoms with Crippen molar-refractivity contribution in [3.63, 3.8) is 0 Å². The van der Waals surface area contributed by atoms with Gasteiger partial charge in [0.15, 0.2) is 6.73 Å². The Hall–Kier alpha value is -2.56. The molecule has 0 unspecified atom stereocenters. The molecule has 1 saturated heterocycles. The van der Waals surface area contributed by atoms with Gasteiger partial charge in [0.25, 0.3) is 0 Å². The summed E-state index contributed by atoms with van der Waals surface area (Å²) in [6, 6.07) is 8.92. The van der Waals surface area contributed by atoms with Gasteiger partial charge in [-0.2, -0.15) is 0 Å². The van der Waals surface area contributed by atoms with Gasteiger partial charge in [-0.05, 0) is 12.0 Å². The molecule has 0 bridgehead atoms. The smallest absolute Gasteiger partial charge is 0.413 e. The molecule has 0 N–H and O–H groups in total. The first kappa shape index (κ1) is 15.8. The normalized spacial score (nSPS) is 20.9. The maximum Gasteiger partial charge on any atom is 0.413 e. The van der Waals surface area contributed by atoms with Gasteiger partial charge in [-0.1, -0.05) is 42.5 Å². The fourth-order valence-electron chi connectivity index (χ4n) is 2.37. The summed E-state index contributed by atoms with van der Waals surface area (Å²) in [5.74, 6) is -0.843. The number of benzene rings is 1. The van der Waals surface area contributed by atoms with Gasteiger partial charge in [0, 0.05) is 0 Å². The highest BCUT2D eigenvalue weighted by Crippen LogP contribution is 2.24. The Morgan fingerprint density at radius 1 is 1.36 bits per heavy atom. The van der Waals surface area contributed by atoms with E-state index in [1.54, 1.807) is 12.2 Å². The molecule has 0 radical (unpaired) electrons. The Morgan fingerprint density at radius 2 is 2.09 bits per heavy atom. The summed E-state index contributed by atoms with van der Waals surface area (Å²) in [4.78, 5) is 25.4. The summed E-state index contributed by atoms with van der Waals surface area (Å²) in [5.41, 5.74) is 0.891. The average molecular weight is 301 g/mol. The van der Waals surface area contributed by atoms with E-state index in [9.17, 15) is 9.59 Å². The second-order valence-corrected chi connectivity index (χ2v) is 4.96. The second-order valence-electron chi connectivity index (χ2n) is 4.96. The molecule has 1 fully saturated rings. The highest BCUT2D eigenvalue weighted by molar-refractivity contribution is 5.78. The number of allylic oxidation sites excluding steroid dienone is 1. The molecule has 1 aromatic carbocycles. The van der Waals surface area contributed by atoms with E-state index in [0.29, 0.717) is 6.42 Å². The van der Waals surface area contributed by atoms with Crippen LogP contribution < -0.4 is 0 Å². The van der Waals surface area contributed by atoms with Gasteiger partial charge in [0.1, 0.15) is 6.61 Å². The van der Waals surface area contributed by atoms with E-state index in [1.807, 2.05) is 30.3 Å². The van der Waals surface area contributed by atoms with E-state index in [-0.39, 0.29) is 19.3 Å². The largest absolute Gasteiger partial charge is 0.444 e. The lowest BCUT2D eigenvalue weighted by Crippen LogP contribution is -2.52. The molecule has 22 heavy (non-hydrogen) atoms. The van der Waals surface area contributed by atoms with Crippen molar-refractivity contribution in [2.75, 3.05) is 6.73 Å². The molecule has 2 atom stereocenters. The second kappa shape index (κ2) is 7.45. The van der Waals surface area contributed by atoms with Crippen molar-refractivity contribution < 1.29 is 19.1 Å². The number of carbonyl (C=O) groups is 2. The van der Waals surface area contributed by atoms with Crippen LogP contribution in [0.3, 0.4) is 0 Å². The Kier molecular flexibility index (Phi) is 5.36. The molecule has 0 spiro atoms. The molecule has 1 amide bonds. The summed E-state index contributed by atoms with van der Waals surface area (Å²) in [6.07, 6.45) is 3.08. The Bertz CT molecular complexity index is 555. The third kappa shape index (κ3) is 3.55. The lowest BCUT2D eigenvalue weighted by molar-refractivity contribution is -0.164. The van der Waals surface area contributed by atoms with Crippen molar-refractivity contribution in [3.05, 3.63) is 61.2 Å². The van der Waals surface area contributed by atoms with E-state index in [4.69, 9.17) is 9.47 Å². The van der Waals surface area contributed by atoms with Crippen LogP contribution in [-0.4, -0.2) is 29.7 Å². The van der Waals surface area contributed by atoms with Gasteiger partial charge >= 0.3 is 12.1 Å². The Labute approximate surface area is 129 Å². The number of hydrogen-bond donors (Lipinski definition) is 0. The molecule has 116 valence electrons. The summed E-state index contributed by atoms with van der Waals surface area (Å²) in [7, 11) is 0. The van der Waals surface area contributed by atoms with Crippen molar-refractivity contribution >= 4 is 12.1 Å². The van der Waals surface area contributed by atoms with Crippen molar-refractivity contribution in [2.24, 2.45) is 5.92 Å². The molecular weight excluding hydrogens is 282 g/mol. The first-order valence-electron chi connectivity index (χ1n) is 7.04. The van der Waals surface area contributed by atoms with E-state index < -0.39 is 18.1 Å². The van der Waals surface area contributed by atoms with Crippen LogP contribution in [0.25, 0.3) is 0 Å². The van der Waals surface area contributed by atoms with Crippen LogP contribution in [0.4, 0.5) is 4.79 Å². The van der Waals surface area contributed by atoms with Gasteiger partial charge in [-0.25, -0.2) is 4.79 Å². The number of carbonyl (C=O) groups excluding carboxylic acids is 2. The maximum atomic E-state index is 12.2. The van der Waals surface area contributed by atoms with Crippen molar-refractivity contribution in [2.45, 2.75) is 19.1 Å². The first-order valence-corrected chi connectivity index (χ1v) is 7.04.